The normalized spacial score (nSPS) is 16.9. The fourth-order valence-corrected chi connectivity index (χ4v) is 5.72. The van der Waals surface area contributed by atoms with E-state index >= 15 is 0 Å². The molecule has 0 atom stereocenters. The van der Waals surface area contributed by atoms with Crippen LogP contribution in [0.3, 0.4) is 0 Å². The molecule has 3 aromatic rings. The first kappa shape index (κ1) is 29.7. The molecule has 0 N–H and O–H groups in total. The molecule has 2 heterocycles. The molecule has 1 saturated heterocycles. The highest BCUT2D eigenvalue weighted by Gasteiger charge is 2.52. The number of carbonyl (C=O) groups is 1. The number of amides is 1. The van der Waals surface area contributed by atoms with Crippen LogP contribution in [0.4, 0.5) is 16.2 Å². The summed E-state index contributed by atoms with van der Waals surface area (Å²) < 4.78 is 17.3. The Kier molecular flexibility index (Phi) is 7.84. The van der Waals surface area contributed by atoms with Crippen molar-refractivity contribution in [3.05, 3.63) is 76.5 Å². The summed E-state index contributed by atoms with van der Waals surface area (Å²) in [6.45, 7) is 23.7. The first-order valence-electron chi connectivity index (χ1n) is 14.8. The summed E-state index contributed by atoms with van der Waals surface area (Å²) in [5.41, 5.74) is 6.18. The smallest absolute Gasteiger partial charge is 0.410 e. The second kappa shape index (κ2) is 11.1. The Bertz CT molecular complexity index is 1470. The predicted molar refractivity (Wildman–Crippen MR) is 164 cm³/mol. The van der Waals surface area contributed by atoms with Crippen LogP contribution in [0.2, 0.25) is 0 Å². The van der Waals surface area contributed by atoms with Crippen LogP contribution in [0.25, 0.3) is 16.0 Å². The number of likely N-dealkylation sites (tertiary alicyclic amines) is 1. The number of hydrogen-bond acceptors (Lipinski definition) is 6. The highest BCUT2D eigenvalue weighted by molar-refractivity contribution is 5.76. The second-order valence-electron chi connectivity index (χ2n) is 13.0. The Morgan fingerprint density at radius 2 is 1.81 bits per heavy atom. The topological polar surface area (TPSA) is 72.4 Å². The minimum atomic E-state index is -0.512. The fraction of sp³-hybridized carbons (Fsp3) is 0.500. The van der Waals surface area contributed by atoms with Gasteiger partial charge in [0.1, 0.15) is 17.0 Å². The van der Waals surface area contributed by atoms with Crippen molar-refractivity contribution in [2.24, 2.45) is 0 Å². The van der Waals surface area contributed by atoms with Crippen molar-refractivity contribution in [3.8, 4) is 11.1 Å². The molecule has 222 valence electrons. The molecule has 1 aromatic heterocycles. The average molecular weight is 571 g/mol. The molecule has 2 fully saturated rings. The SMILES string of the molecule is [C-]#[N+]C1(c2ccc(N(CCCOC3(C)CN(C(=O)OC(C)(C)C)C3)c3cc(-c4c(C)noc4C)ccc3C)cc2)CC1. The average Bonchev–Trinajstić information content (AvgIpc) is 3.65. The molecule has 1 aliphatic carbocycles. The van der Waals surface area contributed by atoms with E-state index in [-0.39, 0.29) is 17.2 Å². The second-order valence-corrected chi connectivity index (χ2v) is 13.0. The number of aromatic nitrogens is 1. The van der Waals surface area contributed by atoms with Crippen LogP contribution in [0.15, 0.2) is 47.0 Å². The lowest BCUT2D eigenvalue weighted by Crippen LogP contribution is -2.63. The Hall–Kier alpha value is -3.83. The minimum absolute atomic E-state index is 0.293. The first-order valence-corrected chi connectivity index (χ1v) is 14.8. The van der Waals surface area contributed by atoms with Crippen molar-refractivity contribution >= 4 is 17.5 Å². The number of anilines is 2. The maximum Gasteiger partial charge on any atom is 0.410 e. The zero-order chi connectivity index (χ0) is 30.3. The van der Waals surface area contributed by atoms with Crippen molar-refractivity contribution in [1.82, 2.24) is 10.1 Å². The van der Waals surface area contributed by atoms with Gasteiger partial charge in [-0.05, 0) is 96.3 Å². The van der Waals surface area contributed by atoms with Gasteiger partial charge in [0, 0.05) is 48.5 Å². The van der Waals surface area contributed by atoms with Gasteiger partial charge < -0.3 is 28.6 Å². The number of rotatable bonds is 9. The molecule has 0 spiro atoms. The van der Waals surface area contributed by atoms with Gasteiger partial charge in [-0.25, -0.2) is 11.4 Å². The third-order valence-electron chi connectivity index (χ3n) is 8.15. The molecule has 8 nitrogen and oxygen atoms in total. The highest BCUT2D eigenvalue weighted by atomic mass is 16.6. The molecule has 0 unspecified atom stereocenters. The van der Waals surface area contributed by atoms with E-state index in [1.165, 1.54) is 0 Å². The molecule has 1 saturated carbocycles. The van der Waals surface area contributed by atoms with E-state index in [0.717, 1.165) is 70.9 Å². The van der Waals surface area contributed by atoms with Crippen LogP contribution >= 0.6 is 0 Å². The molecule has 0 bridgehead atoms. The van der Waals surface area contributed by atoms with Crippen molar-refractivity contribution in [2.45, 2.75) is 84.5 Å². The van der Waals surface area contributed by atoms with Crippen molar-refractivity contribution in [3.63, 3.8) is 0 Å². The van der Waals surface area contributed by atoms with Gasteiger partial charge in [0.2, 0.25) is 0 Å². The maximum absolute atomic E-state index is 12.4. The Morgan fingerprint density at radius 3 is 2.38 bits per heavy atom. The summed E-state index contributed by atoms with van der Waals surface area (Å²) in [6, 6.07) is 15.0. The quantitative estimate of drug-likeness (QED) is 0.194. The van der Waals surface area contributed by atoms with Gasteiger partial charge in [0.15, 0.2) is 0 Å². The zero-order valence-corrected chi connectivity index (χ0v) is 25.9. The van der Waals surface area contributed by atoms with E-state index in [1.807, 2.05) is 41.5 Å². The van der Waals surface area contributed by atoms with E-state index in [0.29, 0.717) is 19.7 Å². The summed E-state index contributed by atoms with van der Waals surface area (Å²) in [4.78, 5) is 20.3. The van der Waals surface area contributed by atoms with Crippen LogP contribution in [-0.4, -0.2) is 53.6 Å². The molecule has 42 heavy (non-hydrogen) atoms. The largest absolute Gasteiger partial charge is 0.444 e. The number of nitrogens with zero attached hydrogens (tertiary/aromatic N) is 4. The standard InChI is InChI=1S/C34H42N4O4/c1-23-10-11-26(30-24(2)36-42-25(30)3)20-29(23)38(28-14-12-27(13-15-28)34(35-8)16-17-34)18-9-19-40-33(7)21-37(22-33)31(39)41-32(4,5)6/h10-15,20H,9,16-19,21-22H2,1-7H3. The Balaban J connectivity index is 1.32. The van der Waals surface area contributed by atoms with Crippen molar-refractivity contribution in [2.75, 3.05) is 31.1 Å². The van der Waals surface area contributed by atoms with Crippen LogP contribution in [0.5, 0.6) is 0 Å². The van der Waals surface area contributed by atoms with Crippen LogP contribution in [0, 0.1) is 27.3 Å². The molecular weight excluding hydrogens is 528 g/mol. The van der Waals surface area contributed by atoms with E-state index in [4.69, 9.17) is 20.6 Å². The lowest BCUT2D eigenvalue weighted by Gasteiger charge is -2.47. The summed E-state index contributed by atoms with van der Waals surface area (Å²) in [5.74, 6) is 0.801. The van der Waals surface area contributed by atoms with Crippen LogP contribution in [-0.2, 0) is 15.0 Å². The molecule has 1 amide bonds. The summed E-state index contributed by atoms with van der Waals surface area (Å²) in [6.07, 6.45) is 2.36. The van der Waals surface area contributed by atoms with Gasteiger partial charge in [0.25, 0.3) is 5.54 Å². The highest BCUT2D eigenvalue weighted by Crippen LogP contribution is 2.50. The van der Waals surface area contributed by atoms with Gasteiger partial charge in [-0.1, -0.05) is 17.3 Å². The van der Waals surface area contributed by atoms with Gasteiger partial charge in [-0.2, -0.15) is 0 Å². The molecule has 0 radical (unpaired) electrons. The van der Waals surface area contributed by atoms with Crippen molar-refractivity contribution < 1.29 is 18.8 Å². The lowest BCUT2D eigenvalue weighted by atomic mass is 9.97. The summed E-state index contributed by atoms with van der Waals surface area (Å²) in [5, 5.41) is 4.16. The number of hydrogen-bond donors (Lipinski definition) is 0. The van der Waals surface area contributed by atoms with Gasteiger partial charge in [0.05, 0.1) is 18.8 Å². The van der Waals surface area contributed by atoms with E-state index < -0.39 is 5.60 Å². The molecule has 8 heteroatoms. The van der Waals surface area contributed by atoms with Gasteiger partial charge in [-0.3, -0.25) is 0 Å². The minimum Gasteiger partial charge on any atom is -0.444 e. The fourth-order valence-electron chi connectivity index (χ4n) is 5.72. The number of ether oxygens (including phenoxy) is 2. The van der Waals surface area contributed by atoms with Crippen LogP contribution in [0.1, 0.15) is 69.5 Å². The number of benzene rings is 2. The molecule has 2 aliphatic rings. The molecular formula is C34H42N4O4. The molecule has 1 aliphatic heterocycles. The van der Waals surface area contributed by atoms with Gasteiger partial charge >= 0.3 is 6.09 Å². The van der Waals surface area contributed by atoms with E-state index in [2.05, 4.69) is 64.3 Å². The maximum atomic E-state index is 12.4. The first-order chi connectivity index (χ1) is 19.8. The Labute approximate surface area is 249 Å². The molecule has 5 rings (SSSR count). The number of carbonyl (C=O) groups excluding carboxylic acids is 1. The van der Waals surface area contributed by atoms with E-state index in [9.17, 15) is 4.79 Å². The summed E-state index contributed by atoms with van der Waals surface area (Å²) in [7, 11) is 0. The van der Waals surface area contributed by atoms with Crippen molar-refractivity contribution in [1.29, 1.82) is 0 Å². The predicted octanol–water partition coefficient (Wildman–Crippen LogP) is 7.73. The van der Waals surface area contributed by atoms with E-state index in [1.54, 1.807) is 4.90 Å². The zero-order valence-electron chi connectivity index (χ0n) is 25.9. The summed E-state index contributed by atoms with van der Waals surface area (Å²) >= 11 is 0. The number of aryl methyl sites for hydroxylation is 3. The lowest BCUT2D eigenvalue weighted by molar-refractivity contribution is -0.128. The third kappa shape index (κ3) is 6.17. The third-order valence-corrected chi connectivity index (χ3v) is 8.15. The monoisotopic (exact) mass is 570 g/mol. The van der Waals surface area contributed by atoms with Gasteiger partial charge in [-0.15, -0.1) is 0 Å². The van der Waals surface area contributed by atoms with Crippen LogP contribution < -0.4 is 4.90 Å². The molecule has 2 aromatic carbocycles. The Morgan fingerprint density at radius 1 is 1.12 bits per heavy atom.